The minimum absolute atomic E-state index is 0.0919. The largest absolute Gasteiger partial charge is 0.450 e. The van der Waals surface area contributed by atoms with Gasteiger partial charge in [0.15, 0.2) is 0 Å². The number of unbranched alkanes of at least 4 members (excludes halogenated alkanes) is 7. The van der Waals surface area contributed by atoms with Crippen LogP contribution >= 0.6 is 23.5 Å². The SMILES string of the molecule is CCC(C)C.CCC(C)C(=O)NCC1CCC2(CCC(CNC(=O)OCCCCCCCCCCO)S2)S1. The van der Waals surface area contributed by atoms with E-state index in [9.17, 15) is 9.59 Å². The Morgan fingerprint density at radius 2 is 1.34 bits per heavy atom. The van der Waals surface area contributed by atoms with Crippen LogP contribution in [0.2, 0.25) is 0 Å². The van der Waals surface area contributed by atoms with Gasteiger partial charge in [0, 0.05) is 36.1 Å². The molecule has 4 unspecified atom stereocenters. The number of amides is 2. The second-order valence-corrected chi connectivity index (χ2v) is 15.0. The van der Waals surface area contributed by atoms with Crippen molar-refractivity contribution >= 4 is 35.5 Å². The first-order chi connectivity index (χ1) is 18.2. The van der Waals surface area contributed by atoms with E-state index in [1.807, 2.05) is 37.4 Å². The summed E-state index contributed by atoms with van der Waals surface area (Å²) in [6, 6.07) is 0. The molecule has 0 aromatic carbocycles. The summed E-state index contributed by atoms with van der Waals surface area (Å²) in [5.41, 5.74) is 0. The average molecular weight is 575 g/mol. The first-order valence-electron chi connectivity index (χ1n) is 15.4. The Kier molecular flexibility index (Phi) is 19.8. The van der Waals surface area contributed by atoms with Crippen LogP contribution < -0.4 is 10.6 Å². The number of ether oxygens (including phenoxy) is 1. The highest BCUT2D eigenvalue weighted by molar-refractivity contribution is 8.19. The van der Waals surface area contributed by atoms with Gasteiger partial charge in [0.2, 0.25) is 5.91 Å². The monoisotopic (exact) mass is 574 g/mol. The Labute approximate surface area is 242 Å². The van der Waals surface area contributed by atoms with Gasteiger partial charge in [0.1, 0.15) is 0 Å². The lowest BCUT2D eigenvalue weighted by atomic mass is 10.1. The van der Waals surface area contributed by atoms with E-state index in [2.05, 4.69) is 31.4 Å². The molecule has 0 aromatic rings. The van der Waals surface area contributed by atoms with Crippen molar-refractivity contribution in [3.63, 3.8) is 0 Å². The maximum atomic E-state index is 12.0. The number of thioether (sulfide) groups is 2. The van der Waals surface area contributed by atoms with Crippen molar-refractivity contribution in [2.45, 2.75) is 139 Å². The molecule has 2 fully saturated rings. The quantitative estimate of drug-likeness (QED) is 0.156. The molecule has 2 amide bonds. The maximum Gasteiger partial charge on any atom is 0.407 e. The number of aliphatic hydroxyl groups excluding tert-OH is 1. The van der Waals surface area contributed by atoms with Gasteiger partial charge in [-0.1, -0.05) is 79.6 Å². The second-order valence-electron chi connectivity index (χ2n) is 11.4. The van der Waals surface area contributed by atoms with E-state index in [4.69, 9.17) is 9.84 Å². The van der Waals surface area contributed by atoms with Gasteiger partial charge in [-0.3, -0.25) is 4.79 Å². The van der Waals surface area contributed by atoms with Gasteiger partial charge in [-0.2, -0.15) is 0 Å². The zero-order valence-electron chi connectivity index (χ0n) is 25.0. The topological polar surface area (TPSA) is 87.7 Å². The Bertz CT molecular complexity index is 637. The molecule has 2 rings (SSSR count). The van der Waals surface area contributed by atoms with Crippen molar-refractivity contribution < 1.29 is 19.4 Å². The zero-order chi connectivity index (χ0) is 28.2. The summed E-state index contributed by atoms with van der Waals surface area (Å²) in [4.78, 5) is 24.1. The zero-order valence-corrected chi connectivity index (χ0v) is 26.7. The van der Waals surface area contributed by atoms with Crippen LogP contribution in [0.25, 0.3) is 0 Å². The second kappa shape index (κ2) is 21.2. The molecule has 0 aliphatic carbocycles. The third-order valence-corrected chi connectivity index (χ3v) is 11.3. The third-order valence-electron chi connectivity index (χ3n) is 7.60. The molecule has 2 saturated heterocycles. The molecule has 6 nitrogen and oxygen atoms in total. The van der Waals surface area contributed by atoms with E-state index in [1.165, 1.54) is 44.9 Å². The minimum atomic E-state index is -0.287. The normalized spacial score (nSPS) is 23.2. The van der Waals surface area contributed by atoms with E-state index in [1.54, 1.807) is 0 Å². The number of hydrogen-bond donors (Lipinski definition) is 3. The summed E-state index contributed by atoms with van der Waals surface area (Å²) in [7, 11) is 0. The van der Waals surface area contributed by atoms with Crippen molar-refractivity contribution in [2.75, 3.05) is 26.3 Å². The Morgan fingerprint density at radius 1 is 0.842 bits per heavy atom. The standard InChI is InChI=1S/C25H46N2O4S2.C5H12/c1-3-20(2)23(29)26-18-21-12-14-25(32-21)15-13-22(33-25)19-27-24(30)31-17-11-9-7-5-4-6-8-10-16-28;1-4-5(2)3/h20-22,28H,3-19H2,1-2H3,(H,26,29)(H,27,30);5H,4H2,1-3H3. The highest BCUT2D eigenvalue weighted by Crippen LogP contribution is 2.59. The van der Waals surface area contributed by atoms with Gasteiger partial charge in [-0.05, 0) is 50.9 Å². The summed E-state index contributed by atoms with van der Waals surface area (Å²) < 4.78 is 5.61. The van der Waals surface area contributed by atoms with E-state index >= 15 is 0 Å². The molecule has 2 heterocycles. The Hall–Kier alpha value is -0.600. The highest BCUT2D eigenvalue weighted by atomic mass is 32.2. The van der Waals surface area contributed by atoms with Crippen molar-refractivity contribution in [3.8, 4) is 0 Å². The molecule has 0 aromatic heterocycles. The average Bonchev–Trinajstić information content (AvgIpc) is 3.52. The molecule has 224 valence electrons. The van der Waals surface area contributed by atoms with E-state index in [0.717, 1.165) is 57.4 Å². The highest BCUT2D eigenvalue weighted by Gasteiger charge is 2.46. The van der Waals surface area contributed by atoms with E-state index < -0.39 is 0 Å². The molecule has 0 radical (unpaired) electrons. The van der Waals surface area contributed by atoms with Gasteiger partial charge in [-0.25, -0.2) is 4.79 Å². The van der Waals surface area contributed by atoms with Gasteiger partial charge in [0.05, 0.1) is 10.7 Å². The molecule has 2 aliphatic heterocycles. The van der Waals surface area contributed by atoms with Crippen LogP contribution in [-0.2, 0) is 9.53 Å². The number of alkyl carbamates (subject to hydrolysis) is 1. The van der Waals surface area contributed by atoms with Gasteiger partial charge >= 0.3 is 6.09 Å². The summed E-state index contributed by atoms with van der Waals surface area (Å²) in [5, 5.41) is 15.8. The molecule has 38 heavy (non-hydrogen) atoms. The molecule has 4 atom stereocenters. The predicted octanol–water partition coefficient (Wildman–Crippen LogP) is 7.53. The fourth-order valence-electron chi connectivity index (χ4n) is 4.42. The molecular formula is C30H58N2O4S2. The molecule has 0 saturated carbocycles. The van der Waals surface area contributed by atoms with Gasteiger partial charge in [-0.15, -0.1) is 23.5 Å². The third kappa shape index (κ3) is 15.9. The molecular weight excluding hydrogens is 516 g/mol. The van der Waals surface area contributed by atoms with Crippen LogP contribution in [0.1, 0.15) is 125 Å². The van der Waals surface area contributed by atoms with Gasteiger partial charge in [0.25, 0.3) is 0 Å². The lowest BCUT2D eigenvalue weighted by Gasteiger charge is -2.23. The van der Waals surface area contributed by atoms with Crippen LogP contribution in [0.4, 0.5) is 4.79 Å². The summed E-state index contributed by atoms with van der Waals surface area (Å²) in [5.74, 6) is 1.15. The van der Waals surface area contributed by atoms with Crippen LogP contribution in [0.5, 0.6) is 0 Å². The first kappa shape index (κ1) is 35.4. The number of nitrogens with one attached hydrogen (secondary N) is 2. The molecule has 8 heteroatoms. The van der Waals surface area contributed by atoms with Crippen LogP contribution in [-0.4, -0.2) is 58.0 Å². The molecule has 1 spiro atoms. The van der Waals surface area contributed by atoms with Crippen LogP contribution in [0.3, 0.4) is 0 Å². The van der Waals surface area contributed by atoms with E-state index in [-0.39, 0.29) is 22.0 Å². The fourth-order valence-corrected chi connectivity index (χ4v) is 8.43. The van der Waals surface area contributed by atoms with Crippen molar-refractivity contribution in [3.05, 3.63) is 0 Å². The fraction of sp³-hybridized carbons (Fsp3) is 0.933. The van der Waals surface area contributed by atoms with Crippen molar-refractivity contribution in [1.82, 2.24) is 10.6 Å². The Balaban J connectivity index is 0.00000132. The number of carbonyl (C=O) groups excluding carboxylic acids is 2. The smallest absolute Gasteiger partial charge is 0.407 e. The minimum Gasteiger partial charge on any atom is -0.450 e. The number of hydrogen-bond acceptors (Lipinski definition) is 6. The van der Waals surface area contributed by atoms with Crippen LogP contribution in [0, 0.1) is 11.8 Å². The lowest BCUT2D eigenvalue weighted by molar-refractivity contribution is -0.124. The predicted molar refractivity (Wildman–Crippen MR) is 165 cm³/mol. The summed E-state index contributed by atoms with van der Waals surface area (Å²) in [6.45, 7) is 12.9. The van der Waals surface area contributed by atoms with Crippen LogP contribution in [0.15, 0.2) is 0 Å². The van der Waals surface area contributed by atoms with Gasteiger partial charge < -0.3 is 20.5 Å². The molecule has 0 bridgehead atoms. The first-order valence-corrected chi connectivity index (χ1v) is 17.2. The number of aliphatic hydroxyl groups is 1. The molecule has 2 aliphatic rings. The van der Waals surface area contributed by atoms with Crippen molar-refractivity contribution in [2.24, 2.45) is 11.8 Å². The molecule has 3 N–H and O–H groups in total. The number of carbonyl (C=O) groups is 2. The van der Waals surface area contributed by atoms with Crippen molar-refractivity contribution in [1.29, 1.82) is 0 Å². The lowest BCUT2D eigenvalue weighted by Crippen LogP contribution is -2.33. The van der Waals surface area contributed by atoms with E-state index in [0.29, 0.717) is 30.3 Å². The Morgan fingerprint density at radius 3 is 1.84 bits per heavy atom. The maximum absolute atomic E-state index is 12.0. The summed E-state index contributed by atoms with van der Waals surface area (Å²) in [6.07, 6.45) is 15.5. The summed E-state index contributed by atoms with van der Waals surface area (Å²) >= 11 is 4.06. The number of rotatable bonds is 17.